The standard InChI is InChI=1S/C8H8N2O3S/c1-4-9-2-6(11)7-10(4)5(3-14-7)8(12)13/h2,5H,3H2,1H3,(H-,11,12,13). The molecule has 0 bridgehead atoms. The smallest absolute Gasteiger partial charge is 0.296 e. The van der Waals surface area contributed by atoms with Crippen LogP contribution in [0.15, 0.2) is 11.2 Å². The Bertz CT molecular complexity index is 408. The highest BCUT2D eigenvalue weighted by Crippen LogP contribution is 2.32. The summed E-state index contributed by atoms with van der Waals surface area (Å²) in [5, 5.41) is 20.8. The summed E-state index contributed by atoms with van der Waals surface area (Å²) in [6, 6.07) is -0.727. The van der Waals surface area contributed by atoms with Gasteiger partial charge in [-0.15, -0.1) is 0 Å². The van der Waals surface area contributed by atoms with Gasteiger partial charge in [0.15, 0.2) is 12.2 Å². The minimum atomic E-state index is -1.14. The number of aromatic hydroxyl groups is 1. The summed E-state index contributed by atoms with van der Waals surface area (Å²) in [7, 11) is 0. The second-order valence-corrected chi connectivity index (χ2v) is 4.02. The third-order valence-corrected chi connectivity index (χ3v) is 3.28. The van der Waals surface area contributed by atoms with E-state index in [0.29, 0.717) is 16.6 Å². The molecule has 0 saturated heterocycles. The van der Waals surface area contributed by atoms with Gasteiger partial charge in [0, 0.05) is 12.7 Å². The molecule has 0 fully saturated rings. The largest absolute Gasteiger partial charge is 0.546 e. The summed E-state index contributed by atoms with van der Waals surface area (Å²) in [5.74, 6) is -0.180. The Morgan fingerprint density at radius 3 is 3.21 bits per heavy atom. The van der Waals surface area contributed by atoms with E-state index >= 15 is 0 Å². The summed E-state index contributed by atoms with van der Waals surface area (Å²) in [6.07, 6.45) is 1.33. The number of thioether (sulfide) groups is 1. The minimum Gasteiger partial charge on any atom is -0.546 e. The summed E-state index contributed by atoms with van der Waals surface area (Å²) in [6.45, 7) is 1.70. The molecule has 1 aromatic heterocycles. The molecule has 0 aliphatic carbocycles. The maximum Gasteiger partial charge on any atom is 0.296 e. The molecule has 1 N–H and O–H groups in total. The van der Waals surface area contributed by atoms with Crippen molar-refractivity contribution in [3.05, 3.63) is 12.0 Å². The summed E-state index contributed by atoms with van der Waals surface area (Å²) >= 11 is 1.30. The predicted molar refractivity (Wildman–Crippen MR) is 45.6 cm³/mol. The van der Waals surface area contributed by atoms with Crippen molar-refractivity contribution in [2.75, 3.05) is 5.75 Å². The number of aryl methyl sites for hydroxylation is 1. The van der Waals surface area contributed by atoms with Crippen LogP contribution < -0.4 is 9.67 Å². The maximum atomic E-state index is 10.8. The number of rotatable bonds is 1. The third-order valence-electron chi connectivity index (χ3n) is 2.12. The molecule has 0 aromatic carbocycles. The van der Waals surface area contributed by atoms with Gasteiger partial charge in [-0.2, -0.15) is 0 Å². The SMILES string of the molecule is Cc1ncc(O)c2[n+]1C(C(=O)[O-])CS2. The minimum absolute atomic E-state index is 0.0179. The molecule has 2 heterocycles. The van der Waals surface area contributed by atoms with Crippen molar-refractivity contribution in [1.29, 1.82) is 0 Å². The van der Waals surface area contributed by atoms with Gasteiger partial charge in [-0.05, 0) is 0 Å². The highest BCUT2D eigenvalue weighted by molar-refractivity contribution is 7.99. The maximum absolute atomic E-state index is 10.8. The average Bonchev–Trinajstić information content (AvgIpc) is 2.56. The van der Waals surface area contributed by atoms with Crippen LogP contribution in [-0.2, 0) is 4.79 Å². The molecule has 0 radical (unpaired) electrons. The number of carbonyl (C=O) groups excluding carboxylic acids is 1. The van der Waals surface area contributed by atoms with Gasteiger partial charge in [0.2, 0.25) is 10.8 Å². The van der Waals surface area contributed by atoms with Gasteiger partial charge in [-0.1, -0.05) is 16.7 Å². The molecular weight excluding hydrogens is 204 g/mol. The van der Waals surface area contributed by atoms with E-state index in [1.807, 2.05) is 0 Å². The van der Waals surface area contributed by atoms with Crippen molar-refractivity contribution in [3.8, 4) is 5.75 Å². The first kappa shape index (κ1) is 9.26. The van der Waals surface area contributed by atoms with Crippen molar-refractivity contribution in [2.45, 2.75) is 18.0 Å². The first-order valence-electron chi connectivity index (χ1n) is 4.05. The molecule has 1 aromatic rings. The number of carboxylic acids is 1. The highest BCUT2D eigenvalue weighted by Gasteiger charge is 2.34. The lowest BCUT2D eigenvalue weighted by molar-refractivity contribution is -0.748. The van der Waals surface area contributed by atoms with E-state index in [4.69, 9.17) is 0 Å². The van der Waals surface area contributed by atoms with Crippen molar-refractivity contribution in [1.82, 2.24) is 4.98 Å². The van der Waals surface area contributed by atoms with Crippen LogP contribution in [0, 0.1) is 6.92 Å². The van der Waals surface area contributed by atoms with Gasteiger partial charge >= 0.3 is 0 Å². The number of nitrogens with zero attached hydrogens (tertiary/aromatic N) is 2. The molecule has 1 aliphatic heterocycles. The Labute approximate surface area is 84.4 Å². The van der Waals surface area contributed by atoms with E-state index in [0.717, 1.165) is 0 Å². The number of hydrogen-bond donors (Lipinski definition) is 1. The zero-order valence-corrected chi connectivity index (χ0v) is 8.24. The third kappa shape index (κ3) is 1.22. The molecule has 0 amide bonds. The number of hydrogen-bond acceptors (Lipinski definition) is 5. The van der Waals surface area contributed by atoms with Crippen LogP contribution >= 0.6 is 11.8 Å². The van der Waals surface area contributed by atoms with E-state index in [-0.39, 0.29) is 5.75 Å². The van der Waals surface area contributed by atoms with Crippen LogP contribution in [0.3, 0.4) is 0 Å². The van der Waals surface area contributed by atoms with Gasteiger partial charge in [-0.3, -0.25) is 0 Å². The first-order valence-corrected chi connectivity index (χ1v) is 5.03. The topological polar surface area (TPSA) is 77.1 Å². The van der Waals surface area contributed by atoms with Crippen molar-refractivity contribution in [2.24, 2.45) is 0 Å². The zero-order chi connectivity index (χ0) is 10.3. The first-order chi connectivity index (χ1) is 6.61. The Kier molecular flexibility index (Phi) is 2.07. The lowest BCUT2D eigenvalue weighted by Crippen LogP contribution is -2.50. The molecule has 14 heavy (non-hydrogen) atoms. The number of aromatic nitrogens is 2. The van der Waals surface area contributed by atoms with E-state index in [9.17, 15) is 15.0 Å². The zero-order valence-electron chi connectivity index (χ0n) is 7.43. The molecule has 6 heteroatoms. The molecule has 1 atom stereocenters. The predicted octanol–water partition coefficient (Wildman–Crippen LogP) is -1.22. The summed E-state index contributed by atoms with van der Waals surface area (Å²) < 4.78 is 1.50. The lowest BCUT2D eigenvalue weighted by atomic mass is 10.3. The van der Waals surface area contributed by atoms with E-state index in [1.54, 1.807) is 6.92 Å². The van der Waals surface area contributed by atoms with Gasteiger partial charge in [-0.25, -0.2) is 4.57 Å². The molecular formula is C8H8N2O3S. The second kappa shape index (κ2) is 3.13. The summed E-state index contributed by atoms with van der Waals surface area (Å²) in [4.78, 5) is 14.7. The molecule has 0 spiro atoms. The number of fused-ring (bicyclic) bond motifs is 1. The second-order valence-electron chi connectivity index (χ2n) is 3.01. The Morgan fingerprint density at radius 2 is 2.57 bits per heavy atom. The Balaban J connectivity index is 2.58. The normalized spacial score (nSPS) is 19.4. The number of aliphatic carboxylic acids is 1. The van der Waals surface area contributed by atoms with E-state index in [1.165, 1.54) is 22.5 Å². The van der Waals surface area contributed by atoms with Crippen LogP contribution in [-0.4, -0.2) is 21.8 Å². The Hall–Kier alpha value is -1.30. The molecule has 0 saturated carbocycles. The van der Waals surface area contributed by atoms with E-state index in [2.05, 4.69) is 4.98 Å². The fourth-order valence-corrected chi connectivity index (χ4v) is 2.66. The fourth-order valence-electron chi connectivity index (χ4n) is 1.46. The van der Waals surface area contributed by atoms with Gasteiger partial charge in [0.05, 0.1) is 5.97 Å². The van der Waals surface area contributed by atoms with Crippen LogP contribution in [0.5, 0.6) is 5.75 Å². The van der Waals surface area contributed by atoms with Gasteiger partial charge in [0.1, 0.15) is 0 Å². The molecule has 1 aliphatic rings. The van der Waals surface area contributed by atoms with Crippen molar-refractivity contribution < 1.29 is 19.6 Å². The fraction of sp³-hybridized carbons (Fsp3) is 0.375. The molecule has 5 nitrogen and oxygen atoms in total. The monoisotopic (exact) mass is 212 g/mol. The quantitative estimate of drug-likeness (QED) is 0.466. The lowest BCUT2D eigenvalue weighted by Gasteiger charge is -2.10. The van der Waals surface area contributed by atoms with Crippen LogP contribution in [0.2, 0.25) is 0 Å². The van der Waals surface area contributed by atoms with Crippen molar-refractivity contribution >= 4 is 17.7 Å². The molecule has 74 valence electrons. The average molecular weight is 212 g/mol. The number of carboxylic acid groups (broad SMARTS) is 1. The van der Waals surface area contributed by atoms with E-state index < -0.39 is 12.0 Å². The van der Waals surface area contributed by atoms with Crippen LogP contribution in [0.4, 0.5) is 0 Å². The highest BCUT2D eigenvalue weighted by atomic mass is 32.2. The molecule has 1 unspecified atom stereocenters. The number of carbonyl (C=O) groups is 1. The van der Waals surface area contributed by atoms with Crippen LogP contribution in [0.25, 0.3) is 0 Å². The van der Waals surface area contributed by atoms with Gasteiger partial charge in [0.25, 0.3) is 5.82 Å². The summed E-state index contributed by atoms with van der Waals surface area (Å²) in [5.41, 5.74) is 0. The van der Waals surface area contributed by atoms with Crippen molar-refractivity contribution in [3.63, 3.8) is 0 Å². The molecule has 2 rings (SSSR count). The Morgan fingerprint density at radius 1 is 1.86 bits per heavy atom. The van der Waals surface area contributed by atoms with Gasteiger partial charge < -0.3 is 15.0 Å². The van der Waals surface area contributed by atoms with Crippen LogP contribution in [0.1, 0.15) is 11.9 Å².